The van der Waals surface area contributed by atoms with E-state index in [4.69, 9.17) is 4.74 Å². The van der Waals surface area contributed by atoms with Crippen LogP contribution in [0.25, 0.3) is 0 Å². The molecule has 1 N–H and O–H groups in total. The molecule has 0 bridgehead atoms. The van der Waals surface area contributed by atoms with E-state index in [1.165, 1.54) is 6.42 Å². The molecule has 5 nitrogen and oxygen atoms in total. The largest absolute Gasteiger partial charge is 0.384 e. The van der Waals surface area contributed by atoms with Crippen LogP contribution in [0.1, 0.15) is 24.9 Å². The lowest BCUT2D eigenvalue weighted by molar-refractivity contribution is 0.152. The number of aromatic nitrogens is 2. The first kappa shape index (κ1) is 14.2. The van der Waals surface area contributed by atoms with E-state index in [1.807, 2.05) is 13.0 Å². The summed E-state index contributed by atoms with van der Waals surface area (Å²) in [7, 11) is 1.77. The van der Waals surface area contributed by atoms with Gasteiger partial charge in [-0.25, -0.2) is 9.97 Å². The lowest BCUT2D eigenvalue weighted by atomic mass is 10.1. The average molecular weight is 264 g/mol. The number of rotatable bonds is 6. The molecule has 0 aliphatic carbocycles. The van der Waals surface area contributed by atoms with Crippen LogP contribution in [0.4, 0.5) is 5.82 Å². The van der Waals surface area contributed by atoms with Gasteiger partial charge in [0.1, 0.15) is 11.6 Å². The second kappa shape index (κ2) is 6.82. The number of aryl methyl sites for hydroxylation is 1. The highest BCUT2D eigenvalue weighted by atomic mass is 16.5. The van der Waals surface area contributed by atoms with Crippen LogP contribution in [0.15, 0.2) is 6.07 Å². The number of ether oxygens (including phenoxy) is 1. The second-order valence-corrected chi connectivity index (χ2v) is 5.19. The molecule has 0 aromatic carbocycles. The molecule has 1 atom stereocenters. The molecule has 0 saturated carbocycles. The predicted octanol–water partition coefficient (Wildman–Crippen LogP) is 1.69. The molecule has 2 heterocycles. The predicted molar refractivity (Wildman–Crippen MR) is 76.2 cm³/mol. The van der Waals surface area contributed by atoms with Crippen molar-refractivity contribution >= 4 is 5.82 Å². The van der Waals surface area contributed by atoms with E-state index in [0.29, 0.717) is 5.92 Å². The van der Waals surface area contributed by atoms with Gasteiger partial charge in [-0.05, 0) is 32.7 Å². The van der Waals surface area contributed by atoms with Gasteiger partial charge in [-0.3, -0.25) is 4.90 Å². The van der Waals surface area contributed by atoms with Crippen LogP contribution in [-0.2, 0) is 11.3 Å². The van der Waals surface area contributed by atoms with Gasteiger partial charge >= 0.3 is 0 Å². The molecule has 1 saturated heterocycles. The van der Waals surface area contributed by atoms with Gasteiger partial charge in [-0.1, -0.05) is 0 Å². The van der Waals surface area contributed by atoms with Gasteiger partial charge < -0.3 is 10.1 Å². The third kappa shape index (κ3) is 4.14. The zero-order valence-corrected chi connectivity index (χ0v) is 12.1. The van der Waals surface area contributed by atoms with Gasteiger partial charge in [0.2, 0.25) is 0 Å². The van der Waals surface area contributed by atoms with Gasteiger partial charge in [0.05, 0.1) is 13.2 Å². The smallest absolute Gasteiger partial charge is 0.144 e. The van der Waals surface area contributed by atoms with Crippen LogP contribution in [0.3, 0.4) is 0 Å². The minimum atomic E-state index is 0.656. The van der Waals surface area contributed by atoms with E-state index in [1.54, 1.807) is 7.11 Å². The summed E-state index contributed by atoms with van der Waals surface area (Å²) in [6.07, 6.45) is 1.21. The number of nitrogens with zero attached hydrogens (tertiary/aromatic N) is 3. The molecule has 0 radical (unpaired) electrons. The summed E-state index contributed by atoms with van der Waals surface area (Å²) in [5.41, 5.74) is 1.02. The molecule has 0 spiro atoms. The third-order valence-electron chi connectivity index (χ3n) is 3.40. The van der Waals surface area contributed by atoms with Gasteiger partial charge in [0, 0.05) is 32.0 Å². The Morgan fingerprint density at radius 1 is 1.47 bits per heavy atom. The fourth-order valence-electron chi connectivity index (χ4n) is 2.60. The number of anilines is 1. The lowest BCUT2D eigenvalue weighted by Gasteiger charge is -2.15. The first-order chi connectivity index (χ1) is 9.21. The quantitative estimate of drug-likeness (QED) is 0.847. The van der Waals surface area contributed by atoms with Crippen LogP contribution >= 0.6 is 0 Å². The monoisotopic (exact) mass is 264 g/mol. The first-order valence-corrected chi connectivity index (χ1v) is 7.01. The molecule has 0 amide bonds. The van der Waals surface area contributed by atoms with E-state index in [0.717, 1.165) is 50.1 Å². The van der Waals surface area contributed by atoms with Crippen molar-refractivity contribution in [1.82, 2.24) is 14.9 Å². The Kier molecular flexibility index (Phi) is 5.10. The van der Waals surface area contributed by atoms with Crippen LogP contribution in [-0.4, -0.2) is 48.2 Å². The molecule has 1 aromatic heterocycles. The van der Waals surface area contributed by atoms with Crippen LogP contribution < -0.4 is 5.32 Å². The van der Waals surface area contributed by atoms with Crippen molar-refractivity contribution in [3.8, 4) is 0 Å². The Morgan fingerprint density at radius 2 is 2.32 bits per heavy atom. The molecule has 1 fully saturated rings. The van der Waals surface area contributed by atoms with Crippen molar-refractivity contribution in [3.63, 3.8) is 0 Å². The summed E-state index contributed by atoms with van der Waals surface area (Å²) in [6, 6.07) is 1.99. The van der Waals surface area contributed by atoms with Gasteiger partial charge in [-0.2, -0.15) is 0 Å². The van der Waals surface area contributed by atoms with Crippen LogP contribution in [0.5, 0.6) is 0 Å². The Balaban J connectivity index is 1.95. The highest BCUT2D eigenvalue weighted by Crippen LogP contribution is 2.18. The number of hydrogen-bond acceptors (Lipinski definition) is 5. The normalized spacial score (nSPS) is 19.8. The summed E-state index contributed by atoms with van der Waals surface area (Å²) in [5, 5.41) is 3.25. The third-order valence-corrected chi connectivity index (χ3v) is 3.40. The van der Waals surface area contributed by atoms with Gasteiger partial charge in [-0.15, -0.1) is 0 Å². The molecule has 5 heteroatoms. The molecular formula is C14H24N4O. The highest BCUT2D eigenvalue weighted by molar-refractivity contribution is 5.35. The zero-order chi connectivity index (χ0) is 13.7. The molecule has 106 valence electrons. The summed E-state index contributed by atoms with van der Waals surface area (Å²) in [4.78, 5) is 11.5. The maximum Gasteiger partial charge on any atom is 0.144 e. The standard InChI is InChI=1S/C14H24N4O/c1-4-15-13-7-11(2)16-14(17-13)9-18-6-5-12(8-18)10-19-3/h7,12H,4-6,8-10H2,1-3H3,(H,15,16,17). The summed E-state index contributed by atoms with van der Waals surface area (Å²) in [6.45, 7) is 8.86. The van der Waals surface area contributed by atoms with E-state index < -0.39 is 0 Å². The van der Waals surface area contributed by atoms with Crippen molar-refractivity contribution in [2.24, 2.45) is 5.92 Å². The zero-order valence-electron chi connectivity index (χ0n) is 12.1. The molecule has 19 heavy (non-hydrogen) atoms. The maximum absolute atomic E-state index is 5.23. The lowest BCUT2D eigenvalue weighted by Crippen LogP contribution is -2.23. The number of methoxy groups -OCH3 is 1. The SMILES string of the molecule is CCNc1cc(C)nc(CN2CCC(COC)C2)n1. The fourth-order valence-corrected chi connectivity index (χ4v) is 2.60. The van der Waals surface area contributed by atoms with Crippen molar-refractivity contribution in [2.45, 2.75) is 26.8 Å². The fraction of sp³-hybridized carbons (Fsp3) is 0.714. The van der Waals surface area contributed by atoms with E-state index in [-0.39, 0.29) is 0 Å². The number of likely N-dealkylation sites (tertiary alicyclic amines) is 1. The van der Waals surface area contributed by atoms with E-state index in [2.05, 4.69) is 27.1 Å². The Hall–Kier alpha value is -1.20. The highest BCUT2D eigenvalue weighted by Gasteiger charge is 2.23. The maximum atomic E-state index is 5.23. The van der Waals surface area contributed by atoms with Gasteiger partial charge in [0.15, 0.2) is 0 Å². The summed E-state index contributed by atoms with van der Waals surface area (Å²) < 4.78 is 5.23. The van der Waals surface area contributed by atoms with Crippen molar-refractivity contribution in [2.75, 3.05) is 38.7 Å². The minimum absolute atomic E-state index is 0.656. The molecule has 2 rings (SSSR count). The Labute approximate surface area is 115 Å². The minimum Gasteiger partial charge on any atom is -0.384 e. The molecule has 1 aromatic rings. The first-order valence-electron chi connectivity index (χ1n) is 7.01. The Bertz CT molecular complexity index is 410. The number of nitrogens with one attached hydrogen (secondary N) is 1. The average Bonchev–Trinajstić information content (AvgIpc) is 2.76. The molecule has 1 unspecified atom stereocenters. The summed E-state index contributed by atoms with van der Waals surface area (Å²) >= 11 is 0. The Morgan fingerprint density at radius 3 is 3.05 bits per heavy atom. The summed E-state index contributed by atoms with van der Waals surface area (Å²) in [5.74, 6) is 2.50. The molecular weight excluding hydrogens is 240 g/mol. The van der Waals surface area contributed by atoms with E-state index >= 15 is 0 Å². The van der Waals surface area contributed by atoms with Crippen molar-refractivity contribution in [1.29, 1.82) is 0 Å². The van der Waals surface area contributed by atoms with E-state index in [9.17, 15) is 0 Å². The van der Waals surface area contributed by atoms with Crippen molar-refractivity contribution < 1.29 is 4.74 Å². The topological polar surface area (TPSA) is 50.3 Å². The van der Waals surface area contributed by atoms with Crippen LogP contribution in [0.2, 0.25) is 0 Å². The number of hydrogen-bond donors (Lipinski definition) is 1. The van der Waals surface area contributed by atoms with Crippen molar-refractivity contribution in [3.05, 3.63) is 17.6 Å². The molecule has 1 aliphatic heterocycles. The molecule has 1 aliphatic rings. The van der Waals surface area contributed by atoms with Crippen LogP contribution in [0, 0.1) is 12.8 Å². The van der Waals surface area contributed by atoms with Gasteiger partial charge in [0.25, 0.3) is 0 Å². The second-order valence-electron chi connectivity index (χ2n) is 5.19.